The van der Waals surface area contributed by atoms with Gasteiger partial charge in [-0.15, -0.1) is 0 Å². The van der Waals surface area contributed by atoms with E-state index in [0.717, 1.165) is 0 Å². The number of aliphatic hydroxyl groups is 2. The van der Waals surface area contributed by atoms with Gasteiger partial charge in [0.1, 0.15) is 0 Å². The molecule has 2 N–H and O–H groups in total. The highest BCUT2D eigenvalue weighted by atomic mass is 16.6. The quantitative estimate of drug-likeness (QED) is 0.320. The number of hydrogen-bond donors (Lipinski definition) is 2. The molecule has 9 heavy (non-hydrogen) atoms. The maximum Gasteiger partial charge on any atom is 0.216 e. The molecular formula is C6H10O3. The second-order valence-corrected chi connectivity index (χ2v) is 1.32. The summed E-state index contributed by atoms with van der Waals surface area (Å²) in [4.78, 5) is 0. The van der Waals surface area contributed by atoms with Gasteiger partial charge in [0.25, 0.3) is 0 Å². The second kappa shape index (κ2) is 5.34. The smallest absolute Gasteiger partial charge is 0.216 e. The summed E-state index contributed by atoms with van der Waals surface area (Å²) in [7, 11) is 0. The summed E-state index contributed by atoms with van der Waals surface area (Å²) >= 11 is 0. The molecule has 0 saturated heterocycles. The zero-order chi connectivity index (χ0) is 7.11. The first kappa shape index (κ1) is 8.20. The average Bonchev–Trinajstić information content (AvgIpc) is 1.89. The number of ether oxygens (including phenoxy) is 1. The van der Waals surface area contributed by atoms with E-state index in [-0.39, 0.29) is 6.61 Å². The lowest BCUT2D eigenvalue weighted by atomic mass is 10.6. The third-order valence-electron chi connectivity index (χ3n) is 0.621. The van der Waals surface area contributed by atoms with Crippen molar-refractivity contribution in [3.05, 3.63) is 25.0 Å². The molecule has 3 heteroatoms. The van der Waals surface area contributed by atoms with Crippen molar-refractivity contribution in [3.63, 3.8) is 0 Å². The Labute approximate surface area is 53.9 Å². The lowest BCUT2D eigenvalue weighted by Crippen LogP contribution is -2.02. The van der Waals surface area contributed by atoms with Gasteiger partial charge in [-0.1, -0.05) is 6.58 Å². The lowest BCUT2D eigenvalue weighted by molar-refractivity contribution is -0.0113. The topological polar surface area (TPSA) is 49.7 Å². The third kappa shape index (κ3) is 5.06. The molecule has 0 rings (SSSR count). The standard InChI is InChI=1S/C6H10O3/c1-2-6(8)9-5-3-4-7/h2-3,5-8H,1,4H2. The molecule has 0 radical (unpaired) electrons. The van der Waals surface area contributed by atoms with Gasteiger partial charge in [0.15, 0.2) is 0 Å². The number of hydrogen-bond acceptors (Lipinski definition) is 3. The van der Waals surface area contributed by atoms with Crippen LogP contribution in [0.3, 0.4) is 0 Å². The minimum Gasteiger partial charge on any atom is -0.469 e. The largest absolute Gasteiger partial charge is 0.469 e. The molecule has 0 saturated carbocycles. The Morgan fingerprint density at radius 1 is 1.67 bits per heavy atom. The fraction of sp³-hybridized carbons (Fsp3) is 0.333. The van der Waals surface area contributed by atoms with E-state index in [1.807, 2.05) is 0 Å². The number of aliphatic hydroxyl groups excluding tert-OH is 2. The van der Waals surface area contributed by atoms with Crippen LogP contribution in [0, 0.1) is 0 Å². The van der Waals surface area contributed by atoms with Gasteiger partial charge >= 0.3 is 0 Å². The molecule has 0 aromatic heterocycles. The molecule has 1 unspecified atom stereocenters. The van der Waals surface area contributed by atoms with Gasteiger partial charge in [-0.05, 0) is 12.2 Å². The van der Waals surface area contributed by atoms with Crippen LogP contribution in [0.5, 0.6) is 0 Å². The van der Waals surface area contributed by atoms with Crippen LogP contribution in [-0.2, 0) is 4.74 Å². The summed E-state index contributed by atoms with van der Waals surface area (Å²) in [5.41, 5.74) is 0. The molecule has 0 aromatic rings. The normalized spacial score (nSPS) is 13.6. The van der Waals surface area contributed by atoms with Crippen LogP contribution in [-0.4, -0.2) is 23.1 Å². The first-order chi connectivity index (χ1) is 4.31. The first-order valence-corrected chi connectivity index (χ1v) is 2.53. The summed E-state index contributed by atoms with van der Waals surface area (Å²) in [5.74, 6) is 0. The third-order valence-corrected chi connectivity index (χ3v) is 0.621. The summed E-state index contributed by atoms with van der Waals surface area (Å²) < 4.78 is 4.53. The maximum atomic E-state index is 8.61. The van der Waals surface area contributed by atoms with Crippen molar-refractivity contribution in [2.75, 3.05) is 6.61 Å². The van der Waals surface area contributed by atoms with E-state index in [1.54, 1.807) is 0 Å². The summed E-state index contributed by atoms with van der Waals surface area (Å²) in [6.45, 7) is 3.17. The van der Waals surface area contributed by atoms with E-state index < -0.39 is 6.29 Å². The minimum atomic E-state index is -0.979. The van der Waals surface area contributed by atoms with Gasteiger partial charge in [-0.25, -0.2) is 0 Å². The molecule has 0 amide bonds. The van der Waals surface area contributed by atoms with Gasteiger partial charge in [0.05, 0.1) is 12.9 Å². The van der Waals surface area contributed by atoms with E-state index in [1.165, 1.54) is 18.4 Å². The Bertz CT molecular complexity index is 98.5. The van der Waals surface area contributed by atoms with Crippen LogP contribution >= 0.6 is 0 Å². The Morgan fingerprint density at radius 2 is 2.33 bits per heavy atom. The summed E-state index contributed by atoms with van der Waals surface area (Å²) in [6.07, 6.45) is 2.84. The second-order valence-electron chi connectivity index (χ2n) is 1.32. The Balaban J connectivity index is 3.25. The molecule has 0 fully saturated rings. The van der Waals surface area contributed by atoms with Crippen molar-refractivity contribution >= 4 is 0 Å². The van der Waals surface area contributed by atoms with Crippen LogP contribution in [0.1, 0.15) is 0 Å². The predicted molar refractivity (Wildman–Crippen MR) is 33.5 cm³/mol. The van der Waals surface area contributed by atoms with Crippen molar-refractivity contribution in [2.45, 2.75) is 6.29 Å². The van der Waals surface area contributed by atoms with E-state index in [9.17, 15) is 0 Å². The van der Waals surface area contributed by atoms with Crippen LogP contribution in [0.15, 0.2) is 25.0 Å². The molecule has 0 bridgehead atoms. The van der Waals surface area contributed by atoms with Gasteiger partial charge in [-0.2, -0.15) is 0 Å². The highest BCUT2D eigenvalue weighted by Gasteiger charge is 1.89. The van der Waals surface area contributed by atoms with Crippen molar-refractivity contribution in [1.29, 1.82) is 0 Å². The Morgan fingerprint density at radius 3 is 2.78 bits per heavy atom. The Kier molecular flexibility index (Phi) is 4.86. The first-order valence-electron chi connectivity index (χ1n) is 2.53. The van der Waals surface area contributed by atoms with E-state index in [4.69, 9.17) is 10.2 Å². The van der Waals surface area contributed by atoms with Crippen LogP contribution in [0.2, 0.25) is 0 Å². The van der Waals surface area contributed by atoms with Gasteiger partial charge in [-0.3, -0.25) is 0 Å². The zero-order valence-corrected chi connectivity index (χ0v) is 5.03. The van der Waals surface area contributed by atoms with Crippen LogP contribution < -0.4 is 0 Å². The van der Waals surface area contributed by atoms with Crippen molar-refractivity contribution < 1.29 is 14.9 Å². The zero-order valence-electron chi connectivity index (χ0n) is 5.03. The van der Waals surface area contributed by atoms with Gasteiger partial charge in [0, 0.05) is 0 Å². The molecule has 0 aliphatic carbocycles. The molecular weight excluding hydrogens is 120 g/mol. The van der Waals surface area contributed by atoms with Crippen molar-refractivity contribution in [3.8, 4) is 0 Å². The highest BCUT2D eigenvalue weighted by Crippen LogP contribution is 1.86. The minimum absolute atomic E-state index is 0.0934. The Hall–Kier alpha value is -0.800. The van der Waals surface area contributed by atoms with Crippen molar-refractivity contribution in [2.24, 2.45) is 0 Å². The van der Waals surface area contributed by atoms with Gasteiger partial charge < -0.3 is 14.9 Å². The molecule has 0 aliphatic heterocycles. The lowest BCUT2D eigenvalue weighted by Gasteiger charge is -2.01. The van der Waals surface area contributed by atoms with Crippen molar-refractivity contribution in [1.82, 2.24) is 0 Å². The molecule has 0 aromatic carbocycles. The average molecular weight is 130 g/mol. The van der Waals surface area contributed by atoms with Gasteiger partial charge in [0.2, 0.25) is 6.29 Å². The monoisotopic (exact) mass is 130 g/mol. The van der Waals surface area contributed by atoms with E-state index in [0.29, 0.717) is 0 Å². The van der Waals surface area contributed by atoms with E-state index >= 15 is 0 Å². The SMILES string of the molecule is C=CC(O)OC=CCO. The number of rotatable bonds is 4. The maximum absolute atomic E-state index is 8.61. The fourth-order valence-electron chi connectivity index (χ4n) is 0.235. The van der Waals surface area contributed by atoms with Crippen LogP contribution in [0.4, 0.5) is 0 Å². The molecule has 3 nitrogen and oxygen atoms in total. The van der Waals surface area contributed by atoms with E-state index in [2.05, 4.69) is 11.3 Å². The summed E-state index contributed by atoms with van der Waals surface area (Å²) in [5, 5.41) is 16.8. The molecule has 52 valence electrons. The highest BCUT2D eigenvalue weighted by molar-refractivity contribution is 4.76. The summed E-state index contributed by atoms with van der Waals surface area (Å²) in [6, 6.07) is 0. The molecule has 0 spiro atoms. The molecule has 0 aliphatic rings. The predicted octanol–water partition coefficient (Wildman–Crippen LogP) is 0.0134. The fourth-order valence-corrected chi connectivity index (χ4v) is 0.235. The molecule has 0 heterocycles. The molecule has 1 atom stereocenters. The van der Waals surface area contributed by atoms with Crippen LogP contribution in [0.25, 0.3) is 0 Å².